The third-order valence-electron chi connectivity index (χ3n) is 3.00. The third kappa shape index (κ3) is 6.56. The summed E-state index contributed by atoms with van der Waals surface area (Å²) in [4.78, 5) is 46.8. The van der Waals surface area contributed by atoms with Crippen molar-refractivity contribution in [3.8, 4) is 0 Å². The molecule has 0 unspecified atom stereocenters. The first-order valence-electron chi connectivity index (χ1n) is 7.38. The Kier molecular flexibility index (Phi) is 6.85. The van der Waals surface area contributed by atoms with E-state index in [2.05, 4.69) is 10.6 Å². The molecule has 0 spiro atoms. The highest BCUT2D eigenvalue weighted by Crippen LogP contribution is 2.07. The van der Waals surface area contributed by atoms with Gasteiger partial charge in [-0.05, 0) is 17.0 Å². The standard InChI is InChI=1S/C17H16N2O5S/c20-14(9-12-5-2-1-3-6-12)18-10-16(22)24-11-15(21)19-17(23)13-7-4-8-25-13/h1-8H,9-11H2,(H,18,20)(H,19,21,23). The van der Waals surface area contributed by atoms with Gasteiger partial charge in [0.25, 0.3) is 11.8 Å². The topological polar surface area (TPSA) is 102 Å². The van der Waals surface area contributed by atoms with E-state index in [4.69, 9.17) is 4.74 Å². The van der Waals surface area contributed by atoms with E-state index >= 15 is 0 Å². The first kappa shape index (κ1) is 18.3. The molecule has 0 aliphatic carbocycles. The minimum Gasteiger partial charge on any atom is -0.454 e. The molecule has 25 heavy (non-hydrogen) atoms. The van der Waals surface area contributed by atoms with Crippen LogP contribution in [-0.4, -0.2) is 36.8 Å². The smallest absolute Gasteiger partial charge is 0.325 e. The van der Waals surface area contributed by atoms with Gasteiger partial charge in [-0.25, -0.2) is 0 Å². The Labute approximate surface area is 148 Å². The van der Waals surface area contributed by atoms with Crippen molar-refractivity contribution in [3.63, 3.8) is 0 Å². The molecule has 1 heterocycles. The normalized spacial score (nSPS) is 9.92. The van der Waals surface area contributed by atoms with Gasteiger partial charge in [0.05, 0.1) is 11.3 Å². The van der Waals surface area contributed by atoms with E-state index in [0.717, 1.165) is 5.56 Å². The molecule has 0 aliphatic heterocycles. The SMILES string of the molecule is O=C(Cc1ccccc1)NCC(=O)OCC(=O)NC(=O)c1cccs1. The summed E-state index contributed by atoms with van der Waals surface area (Å²) in [5.74, 6) is -2.38. The van der Waals surface area contributed by atoms with E-state index in [1.165, 1.54) is 11.3 Å². The number of benzene rings is 1. The number of ether oxygens (including phenoxy) is 1. The zero-order valence-corrected chi connectivity index (χ0v) is 14.0. The molecule has 2 N–H and O–H groups in total. The second-order valence-electron chi connectivity index (χ2n) is 4.95. The summed E-state index contributed by atoms with van der Waals surface area (Å²) >= 11 is 1.19. The molecule has 0 fully saturated rings. The predicted octanol–water partition coefficient (Wildman–Crippen LogP) is 0.907. The van der Waals surface area contributed by atoms with E-state index in [1.54, 1.807) is 29.6 Å². The van der Waals surface area contributed by atoms with Crippen LogP contribution in [0.25, 0.3) is 0 Å². The minimum atomic E-state index is -0.764. The maximum Gasteiger partial charge on any atom is 0.325 e. The number of carbonyl (C=O) groups is 4. The average molecular weight is 360 g/mol. The van der Waals surface area contributed by atoms with Gasteiger partial charge in [0.1, 0.15) is 6.54 Å². The average Bonchev–Trinajstić information content (AvgIpc) is 3.14. The second-order valence-corrected chi connectivity index (χ2v) is 5.90. The van der Waals surface area contributed by atoms with Crippen molar-refractivity contribution in [3.05, 3.63) is 58.3 Å². The summed E-state index contributed by atoms with van der Waals surface area (Å²) in [5.41, 5.74) is 0.819. The molecule has 0 saturated carbocycles. The van der Waals surface area contributed by atoms with Crippen molar-refractivity contribution < 1.29 is 23.9 Å². The fourth-order valence-corrected chi connectivity index (χ4v) is 2.46. The number of esters is 1. The lowest BCUT2D eigenvalue weighted by Crippen LogP contribution is -2.36. The molecule has 0 aliphatic rings. The molecule has 0 bridgehead atoms. The third-order valence-corrected chi connectivity index (χ3v) is 3.87. The Morgan fingerprint density at radius 2 is 1.72 bits per heavy atom. The molecule has 2 rings (SSSR count). The Hall–Kier alpha value is -3.00. The van der Waals surface area contributed by atoms with E-state index < -0.39 is 24.4 Å². The summed E-state index contributed by atoms with van der Waals surface area (Å²) in [6.45, 7) is -0.942. The Balaban J connectivity index is 1.64. The number of imide groups is 1. The van der Waals surface area contributed by atoms with Gasteiger partial charge in [-0.15, -0.1) is 11.3 Å². The quantitative estimate of drug-likeness (QED) is 0.715. The molecule has 3 amide bonds. The van der Waals surface area contributed by atoms with E-state index in [-0.39, 0.29) is 18.9 Å². The van der Waals surface area contributed by atoms with Crippen molar-refractivity contribution in [1.82, 2.24) is 10.6 Å². The molecular formula is C17H16N2O5S. The van der Waals surface area contributed by atoms with Crippen LogP contribution >= 0.6 is 11.3 Å². The van der Waals surface area contributed by atoms with Crippen LogP contribution in [0.15, 0.2) is 47.8 Å². The fraction of sp³-hybridized carbons (Fsp3) is 0.176. The number of carbonyl (C=O) groups excluding carboxylic acids is 4. The van der Waals surface area contributed by atoms with Gasteiger partial charge >= 0.3 is 5.97 Å². The first-order chi connectivity index (χ1) is 12.0. The summed E-state index contributed by atoms with van der Waals surface area (Å²) < 4.78 is 4.71. The number of amides is 3. The second kappa shape index (κ2) is 9.33. The molecule has 0 saturated heterocycles. The van der Waals surface area contributed by atoms with Crippen molar-refractivity contribution in [1.29, 1.82) is 0 Å². The molecular weight excluding hydrogens is 344 g/mol. The van der Waals surface area contributed by atoms with Crippen molar-refractivity contribution >= 4 is 35.0 Å². The van der Waals surface area contributed by atoms with Gasteiger partial charge in [0.15, 0.2) is 6.61 Å². The lowest BCUT2D eigenvalue weighted by atomic mass is 10.1. The van der Waals surface area contributed by atoms with Gasteiger partial charge in [-0.2, -0.15) is 0 Å². The predicted molar refractivity (Wildman–Crippen MR) is 90.9 cm³/mol. The van der Waals surface area contributed by atoms with Crippen LogP contribution in [0.2, 0.25) is 0 Å². The molecule has 1 aromatic heterocycles. The monoisotopic (exact) mass is 360 g/mol. The first-order valence-corrected chi connectivity index (χ1v) is 8.26. The van der Waals surface area contributed by atoms with Crippen LogP contribution < -0.4 is 10.6 Å². The van der Waals surface area contributed by atoms with Gasteiger partial charge in [0, 0.05) is 0 Å². The van der Waals surface area contributed by atoms with Gasteiger partial charge in [0.2, 0.25) is 5.91 Å². The molecule has 2 aromatic rings. The lowest BCUT2D eigenvalue weighted by Gasteiger charge is -2.07. The summed E-state index contributed by atoms with van der Waals surface area (Å²) in [6.07, 6.45) is 0.143. The van der Waals surface area contributed by atoms with Crippen LogP contribution in [-0.2, 0) is 25.5 Å². The van der Waals surface area contributed by atoms with E-state index in [9.17, 15) is 19.2 Å². The molecule has 1 aromatic carbocycles. The minimum absolute atomic E-state index is 0.143. The highest BCUT2D eigenvalue weighted by molar-refractivity contribution is 7.12. The Morgan fingerprint density at radius 3 is 2.40 bits per heavy atom. The molecule has 7 nitrogen and oxygen atoms in total. The van der Waals surface area contributed by atoms with Crippen LogP contribution in [0.3, 0.4) is 0 Å². The molecule has 0 atom stereocenters. The maximum absolute atomic E-state index is 11.7. The van der Waals surface area contributed by atoms with Crippen molar-refractivity contribution in [2.75, 3.05) is 13.2 Å². The zero-order valence-electron chi connectivity index (χ0n) is 13.2. The zero-order chi connectivity index (χ0) is 18.1. The Morgan fingerprint density at radius 1 is 0.960 bits per heavy atom. The highest BCUT2D eigenvalue weighted by Gasteiger charge is 2.13. The van der Waals surface area contributed by atoms with Crippen LogP contribution in [0.4, 0.5) is 0 Å². The molecule has 0 radical (unpaired) electrons. The molecule has 130 valence electrons. The summed E-state index contributed by atoms with van der Waals surface area (Å²) in [7, 11) is 0. The largest absolute Gasteiger partial charge is 0.454 e. The fourth-order valence-electron chi connectivity index (χ4n) is 1.84. The highest BCUT2D eigenvalue weighted by atomic mass is 32.1. The van der Waals surface area contributed by atoms with Gasteiger partial charge in [-0.1, -0.05) is 36.4 Å². The van der Waals surface area contributed by atoms with Gasteiger partial charge < -0.3 is 10.1 Å². The number of hydrogen-bond acceptors (Lipinski definition) is 6. The lowest BCUT2D eigenvalue weighted by molar-refractivity contribution is -0.148. The van der Waals surface area contributed by atoms with E-state index in [0.29, 0.717) is 4.88 Å². The van der Waals surface area contributed by atoms with Crippen LogP contribution in [0.1, 0.15) is 15.2 Å². The molecule has 8 heteroatoms. The van der Waals surface area contributed by atoms with Crippen LogP contribution in [0.5, 0.6) is 0 Å². The number of rotatable bonds is 7. The summed E-state index contributed by atoms with van der Waals surface area (Å²) in [6, 6.07) is 12.3. The van der Waals surface area contributed by atoms with Gasteiger partial charge in [-0.3, -0.25) is 24.5 Å². The van der Waals surface area contributed by atoms with Crippen molar-refractivity contribution in [2.24, 2.45) is 0 Å². The Bertz CT molecular complexity index is 744. The van der Waals surface area contributed by atoms with E-state index in [1.807, 2.05) is 18.2 Å². The van der Waals surface area contributed by atoms with Crippen LogP contribution in [0, 0.1) is 0 Å². The number of hydrogen-bond donors (Lipinski definition) is 2. The summed E-state index contributed by atoms with van der Waals surface area (Å²) in [5, 5.41) is 6.22. The maximum atomic E-state index is 11.7. The number of thiophene rings is 1. The number of nitrogens with one attached hydrogen (secondary N) is 2. The van der Waals surface area contributed by atoms with Crippen molar-refractivity contribution in [2.45, 2.75) is 6.42 Å².